The summed E-state index contributed by atoms with van der Waals surface area (Å²) in [6.45, 7) is 0. The first-order valence-corrected chi connectivity index (χ1v) is 5.60. The fraction of sp³-hybridized carbons (Fsp3) is 0.0714. The van der Waals surface area contributed by atoms with Crippen LogP contribution < -0.4 is 0 Å². The minimum absolute atomic E-state index is 0.00555. The van der Waals surface area contributed by atoms with Crippen molar-refractivity contribution >= 4 is 11.6 Å². The molecule has 2 aromatic rings. The van der Waals surface area contributed by atoms with Gasteiger partial charge in [-0.1, -0.05) is 29.8 Å². The molecular weight excluding hydrogens is 256 g/mol. The molecule has 2 aromatic carbocycles. The molecule has 0 aliphatic heterocycles. The van der Waals surface area contributed by atoms with Gasteiger partial charge in [0.2, 0.25) is 0 Å². The van der Waals surface area contributed by atoms with Crippen molar-refractivity contribution in [3.63, 3.8) is 0 Å². The maximum atomic E-state index is 13.6. The normalized spacial score (nSPS) is 10.1. The molecule has 1 nitrogen and oxygen atoms in total. The lowest BCUT2D eigenvalue weighted by Gasteiger charge is -2.05. The molecule has 0 N–H and O–H groups in total. The quantitative estimate of drug-likeness (QED) is 0.790. The van der Waals surface area contributed by atoms with E-state index in [1.807, 2.05) is 6.07 Å². The van der Waals surface area contributed by atoms with Crippen LogP contribution >= 0.6 is 11.6 Å². The van der Waals surface area contributed by atoms with E-state index >= 15 is 0 Å². The fourth-order valence-electron chi connectivity index (χ4n) is 1.63. The number of rotatable bonds is 2. The zero-order chi connectivity index (χ0) is 13.1. The van der Waals surface area contributed by atoms with E-state index in [1.54, 1.807) is 12.1 Å². The maximum Gasteiger partial charge on any atom is 0.141 e. The predicted molar refractivity (Wildman–Crippen MR) is 66.1 cm³/mol. The minimum Gasteiger partial charge on any atom is -0.207 e. The van der Waals surface area contributed by atoms with Crippen LogP contribution in [0.2, 0.25) is 5.02 Å². The summed E-state index contributed by atoms with van der Waals surface area (Å²) in [7, 11) is 0. The van der Waals surface area contributed by atoms with Gasteiger partial charge in [-0.05, 0) is 29.3 Å². The highest BCUT2D eigenvalue weighted by atomic mass is 35.5. The van der Waals surface area contributed by atoms with Gasteiger partial charge >= 0.3 is 0 Å². The van der Waals surface area contributed by atoms with E-state index in [1.165, 1.54) is 24.3 Å². The van der Waals surface area contributed by atoms with Gasteiger partial charge < -0.3 is 0 Å². The van der Waals surface area contributed by atoms with Crippen LogP contribution in [0.5, 0.6) is 0 Å². The Labute approximate surface area is 108 Å². The Hall–Kier alpha value is -1.92. The van der Waals surface area contributed by atoms with E-state index in [4.69, 9.17) is 16.9 Å². The number of nitrogens with zero attached hydrogens (tertiary/aromatic N) is 1. The first-order valence-electron chi connectivity index (χ1n) is 5.22. The molecule has 0 spiro atoms. The molecule has 0 aliphatic carbocycles. The topological polar surface area (TPSA) is 23.8 Å². The highest BCUT2D eigenvalue weighted by molar-refractivity contribution is 6.31. The third-order valence-corrected chi connectivity index (χ3v) is 2.87. The van der Waals surface area contributed by atoms with E-state index in [-0.39, 0.29) is 11.4 Å². The van der Waals surface area contributed by atoms with Crippen molar-refractivity contribution in [2.75, 3.05) is 0 Å². The Morgan fingerprint density at radius 3 is 2.28 bits per heavy atom. The lowest BCUT2D eigenvalue weighted by Crippen LogP contribution is -1.90. The van der Waals surface area contributed by atoms with E-state index < -0.39 is 11.6 Å². The van der Waals surface area contributed by atoms with Gasteiger partial charge in [-0.2, -0.15) is 5.26 Å². The van der Waals surface area contributed by atoms with Gasteiger partial charge in [-0.25, -0.2) is 8.78 Å². The van der Waals surface area contributed by atoms with Crippen LogP contribution in [-0.4, -0.2) is 0 Å². The molecule has 0 unspecified atom stereocenters. The largest absolute Gasteiger partial charge is 0.207 e. The van der Waals surface area contributed by atoms with Crippen LogP contribution in [0.1, 0.15) is 5.56 Å². The molecule has 0 atom stereocenters. The first-order chi connectivity index (χ1) is 8.61. The van der Waals surface area contributed by atoms with Gasteiger partial charge in [0.25, 0.3) is 0 Å². The summed E-state index contributed by atoms with van der Waals surface area (Å²) >= 11 is 5.67. The minimum atomic E-state index is -0.512. The Balaban J connectivity index is 2.43. The smallest absolute Gasteiger partial charge is 0.141 e. The van der Waals surface area contributed by atoms with Crippen molar-refractivity contribution in [3.05, 3.63) is 58.6 Å². The number of halogens is 3. The van der Waals surface area contributed by atoms with Crippen LogP contribution in [0.15, 0.2) is 36.4 Å². The molecule has 0 fully saturated rings. The highest BCUT2D eigenvalue weighted by Gasteiger charge is 2.07. The summed E-state index contributed by atoms with van der Waals surface area (Å²) in [5.41, 5.74) is 1.56. The fourth-order valence-corrected chi connectivity index (χ4v) is 1.81. The Morgan fingerprint density at radius 1 is 1.00 bits per heavy atom. The Morgan fingerprint density at radius 2 is 1.67 bits per heavy atom. The second kappa shape index (κ2) is 5.16. The second-order valence-electron chi connectivity index (χ2n) is 3.77. The molecule has 0 aliphatic rings. The average Bonchev–Trinajstić information content (AvgIpc) is 2.35. The number of nitriles is 1. The van der Waals surface area contributed by atoms with E-state index in [2.05, 4.69) is 0 Å². The monoisotopic (exact) mass is 263 g/mol. The molecule has 18 heavy (non-hydrogen) atoms. The zero-order valence-corrected chi connectivity index (χ0v) is 10.0. The van der Waals surface area contributed by atoms with Gasteiger partial charge in [0, 0.05) is 5.56 Å². The van der Waals surface area contributed by atoms with Crippen molar-refractivity contribution in [2.45, 2.75) is 6.42 Å². The summed E-state index contributed by atoms with van der Waals surface area (Å²) in [5, 5.41) is 8.52. The lowest BCUT2D eigenvalue weighted by atomic mass is 10.0. The molecule has 0 aromatic heterocycles. The zero-order valence-electron chi connectivity index (χ0n) is 9.25. The standard InChI is InChI=1S/C14H8ClF2N/c15-12-7-10(3-4-13(12)16)11-2-1-9(5-6-18)14(17)8-11/h1-4,7-8H,5H2. The Kier molecular flexibility index (Phi) is 3.59. The summed E-state index contributed by atoms with van der Waals surface area (Å²) in [4.78, 5) is 0. The van der Waals surface area contributed by atoms with Gasteiger partial charge in [-0.3, -0.25) is 0 Å². The molecule has 2 rings (SSSR count). The Bertz CT molecular complexity index is 632. The van der Waals surface area contributed by atoms with Crippen molar-refractivity contribution in [3.8, 4) is 17.2 Å². The van der Waals surface area contributed by atoms with E-state index in [0.717, 1.165) is 0 Å². The van der Waals surface area contributed by atoms with Crippen molar-refractivity contribution in [1.29, 1.82) is 5.26 Å². The summed E-state index contributed by atoms with van der Waals surface area (Å²) in [5.74, 6) is -0.962. The predicted octanol–water partition coefficient (Wildman–Crippen LogP) is 4.35. The molecule has 0 saturated heterocycles. The van der Waals surface area contributed by atoms with E-state index in [0.29, 0.717) is 16.7 Å². The first kappa shape index (κ1) is 12.5. The third-order valence-electron chi connectivity index (χ3n) is 2.58. The van der Waals surface area contributed by atoms with Crippen molar-refractivity contribution in [2.24, 2.45) is 0 Å². The van der Waals surface area contributed by atoms with Crippen LogP contribution in [0.4, 0.5) is 8.78 Å². The van der Waals surface area contributed by atoms with Crippen molar-refractivity contribution in [1.82, 2.24) is 0 Å². The highest BCUT2D eigenvalue weighted by Crippen LogP contribution is 2.26. The molecule has 0 bridgehead atoms. The summed E-state index contributed by atoms with van der Waals surface area (Å²) in [6.07, 6.45) is 0.0241. The number of hydrogen-bond acceptors (Lipinski definition) is 1. The maximum absolute atomic E-state index is 13.6. The molecule has 4 heteroatoms. The molecule has 0 heterocycles. The van der Waals surface area contributed by atoms with Gasteiger partial charge in [0.1, 0.15) is 11.6 Å². The van der Waals surface area contributed by atoms with Gasteiger partial charge in [-0.15, -0.1) is 0 Å². The van der Waals surface area contributed by atoms with Crippen LogP contribution in [0.3, 0.4) is 0 Å². The molecular formula is C14H8ClF2N. The van der Waals surface area contributed by atoms with Crippen LogP contribution in [0.25, 0.3) is 11.1 Å². The van der Waals surface area contributed by atoms with Crippen molar-refractivity contribution < 1.29 is 8.78 Å². The van der Waals surface area contributed by atoms with Gasteiger partial charge in [0.05, 0.1) is 17.5 Å². The number of hydrogen-bond donors (Lipinski definition) is 0. The molecule has 90 valence electrons. The van der Waals surface area contributed by atoms with Crippen LogP contribution in [-0.2, 0) is 6.42 Å². The SMILES string of the molecule is N#CCc1ccc(-c2ccc(F)c(Cl)c2)cc1F. The van der Waals surface area contributed by atoms with Crippen LogP contribution in [0, 0.1) is 23.0 Å². The summed E-state index contributed by atoms with van der Waals surface area (Å²) in [6, 6.07) is 10.6. The molecule has 0 amide bonds. The molecule has 0 saturated carbocycles. The second-order valence-corrected chi connectivity index (χ2v) is 4.18. The summed E-state index contributed by atoms with van der Waals surface area (Å²) < 4.78 is 26.7. The van der Waals surface area contributed by atoms with Gasteiger partial charge in [0.15, 0.2) is 0 Å². The lowest BCUT2D eigenvalue weighted by molar-refractivity contribution is 0.616. The molecule has 0 radical (unpaired) electrons. The third kappa shape index (κ3) is 2.49. The van der Waals surface area contributed by atoms with E-state index in [9.17, 15) is 8.78 Å². The number of benzene rings is 2. The average molecular weight is 264 g/mol.